The molecule has 0 bridgehead atoms. The lowest BCUT2D eigenvalue weighted by molar-refractivity contribution is -0.129. The van der Waals surface area contributed by atoms with E-state index in [2.05, 4.69) is 5.32 Å². The molecular formula is C12H17FN2O. The van der Waals surface area contributed by atoms with Gasteiger partial charge in [-0.2, -0.15) is 0 Å². The first-order valence-electron chi connectivity index (χ1n) is 5.33. The number of likely N-dealkylation sites (N-methyl/N-ethyl adjacent to an activating group) is 2. The fourth-order valence-electron chi connectivity index (χ4n) is 1.34. The van der Waals surface area contributed by atoms with Gasteiger partial charge in [0.25, 0.3) is 0 Å². The van der Waals surface area contributed by atoms with Gasteiger partial charge in [0.05, 0.1) is 6.54 Å². The Morgan fingerprint density at radius 2 is 2.12 bits per heavy atom. The standard InChI is InChI=1S/C12H17FN2O/c1-3-14-8-12(16)15(2)9-10-6-4-5-7-11(10)13/h4-7,14H,3,8-9H2,1-2H3. The smallest absolute Gasteiger partial charge is 0.236 e. The van der Waals surface area contributed by atoms with E-state index >= 15 is 0 Å². The first kappa shape index (κ1) is 12.6. The predicted molar refractivity (Wildman–Crippen MR) is 61.4 cm³/mol. The van der Waals surface area contributed by atoms with Crippen molar-refractivity contribution < 1.29 is 9.18 Å². The third-order valence-electron chi connectivity index (χ3n) is 2.32. The van der Waals surface area contributed by atoms with Crippen molar-refractivity contribution in [1.82, 2.24) is 10.2 Å². The molecule has 1 aromatic carbocycles. The van der Waals surface area contributed by atoms with Crippen LogP contribution >= 0.6 is 0 Å². The van der Waals surface area contributed by atoms with E-state index in [9.17, 15) is 9.18 Å². The molecule has 1 aromatic rings. The highest BCUT2D eigenvalue weighted by atomic mass is 19.1. The van der Waals surface area contributed by atoms with Gasteiger partial charge in [0.1, 0.15) is 5.82 Å². The second-order valence-electron chi connectivity index (χ2n) is 3.62. The van der Waals surface area contributed by atoms with Crippen LogP contribution in [0.15, 0.2) is 24.3 Å². The highest BCUT2D eigenvalue weighted by Crippen LogP contribution is 2.08. The molecule has 0 aliphatic heterocycles. The molecule has 16 heavy (non-hydrogen) atoms. The average Bonchev–Trinajstić information content (AvgIpc) is 2.28. The van der Waals surface area contributed by atoms with Gasteiger partial charge in [0.15, 0.2) is 0 Å². The molecule has 0 radical (unpaired) electrons. The summed E-state index contributed by atoms with van der Waals surface area (Å²) < 4.78 is 13.3. The van der Waals surface area contributed by atoms with Crippen molar-refractivity contribution in [2.24, 2.45) is 0 Å². The van der Waals surface area contributed by atoms with E-state index in [-0.39, 0.29) is 11.7 Å². The maximum atomic E-state index is 13.3. The Morgan fingerprint density at radius 3 is 2.75 bits per heavy atom. The number of hydrogen-bond donors (Lipinski definition) is 1. The minimum absolute atomic E-state index is 0.0369. The van der Waals surface area contributed by atoms with Crippen molar-refractivity contribution >= 4 is 5.91 Å². The van der Waals surface area contributed by atoms with Crippen LogP contribution in [0.25, 0.3) is 0 Å². The summed E-state index contributed by atoms with van der Waals surface area (Å²) in [5, 5.41) is 2.94. The number of nitrogens with zero attached hydrogens (tertiary/aromatic N) is 1. The minimum Gasteiger partial charge on any atom is -0.340 e. The lowest BCUT2D eigenvalue weighted by atomic mass is 10.2. The second kappa shape index (κ2) is 6.23. The number of nitrogens with one attached hydrogen (secondary N) is 1. The molecule has 1 rings (SSSR count). The number of halogens is 1. The van der Waals surface area contributed by atoms with Crippen molar-refractivity contribution in [3.63, 3.8) is 0 Å². The molecule has 88 valence electrons. The van der Waals surface area contributed by atoms with Gasteiger partial charge in [0, 0.05) is 19.2 Å². The van der Waals surface area contributed by atoms with Crippen LogP contribution in [0.3, 0.4) is 0 Å². The fourth-order valence-corrected chi connectivity index (χ4v) is 1.34. The molecule has 0 aromatic heterocycles. The zero-order chi connectivity index (χ0) is 12.0. The minimum atomic E-state index is -0.273. The monoisotopic (exact) mass is 224 g/mol. The number of benzene rings is 1. The molecule has 3 nitrogen and oxygen atoms in total. The quantitative estimate of drug-likeness (QED) is 0.819. The second-order valence-corrected chi connectivity index (χ2v) is 3.62. The molecule has 0 heterocycles. The Kier molecular flexibility index (Phi) is 4.92. The molecule has 0 atom stereocenters. The largest absolute Gasteiger partial charge is 0.340 e. The molecule has 0 fully saturated rings. The van der Waals surface area contributed by atoms with E-state index in [1.807, 2.05) is 6.92 Å². The third-order valence-corrected chi connectivity index (χ3v) is 2.32. The Morgan fingerprint density at radius 1 is 1.44 bits per heavy atom. The fraction of sp³-hybridized carbons (Fsp3) is 0.417. The number of rotatable bonds is 5. The van der Waals surface area contributed by atoms with Gasteiger partial charge < -0.3 is 10.2 Å². The van der Waals surface area contributed by atoms with Gasteiger partial charge in [0.2, 0.25) is 5.91 Å². The van der Waals surface area contributed by atoms with E-state index in [4.69, 9.17) is 0 Å². The van der Waals surface area contributed by atoms with E-state index in [1.54, 1.807) is 25.2 Å². The summed E-state index contributed by atoms with van der Waals surface area (Å²) in [6.45, 7) is 3.28. The van der Waals surface area contributed by atoms with E-state index in [1.165, 1.54) is 11.0 Å². The molecule has 4 heteroatoms. The number of carbonyl (C=O) groups excluding carboxylic acids is 1. The van der Waals surface area contributed by atoms with Crippen molar-refractivity contribution in [3.8, 4) is 0 Å². The maximum absolute atomic E-state index is 13.3. The molecule has 0 unspecified atom stereocenters. The Hall–Kier alpha value is -1.42. The van der Waals surface area contributed by atoms with Gasteiger partial charge in [-0.05, 0) is 12.6 Å². The summed E-state index contributed by atoms with van der Waals surface area (Å²) in [5.41, 5.74) is 0.537. The summed E-state index contributed by atoms with van der Waals surface area (Å²) in [6.07, 6.45) is 0. The van der Waals surface area contributed by atoms with Crippen LogP contribution in [-0.2, 0) is 11.3 Å². The summed E-state index contributed by atoms with van der Waals surface area (Å²) in [4.78, 5) is 13.1. The lowest BCUT2D eigenvalue weighted by Crippen LogP contribution is -2.35. The van der Waals surface area contributed by atoms with E-state index in [0.29, 0.717) is 18.7 Å². The van der Waals surface area contributed by atoms with Crippen molar-refractivity contribution in [3.05, 3.63) is 35.6 Å². The molecule has 1 amide bonds. The van der Waals surface area contributed by atoms with Gasteiger partial charge in [-0.25, -0.2) is 4.39 Å². The Labute approximate surface area is 95.3 Å². The maximum Gasteiger partial charge on any atom is 0.236 e. The normalized spacial score (nSPS) is 10.2. The van der Waals surface area contributed by atoms with Crippen molar-refractivity contribution in [2.75, 3.05) is 20.1 Å². The van der Waals surface area contributed by atoms with E-state index < -0.39 is 0 Å². The van der Waals surface area contributed by atoms with Gasteiger partial charge >= 0.3 is 0 Å². The highest BCUT2D eigenvalue weighted by molar-refractivity contribution is 5.77. The highest BCUT2D eigenvalue weighted by Gasteiger charge is 2.10. The van der Waals surface area contributed by atoms with Gasteiger partial charge in [-0.15, -0.1) is 0 Å². The third kappa shape index (κ3) is 3.62. The molecule has 0 aliphatic carbocycles. The van der Waals surface area contributed by atoms with Crippen LogP contribution in [0.4, 0.5) is 4.39 Å². The molecular weight excluding hydrogens is 207 g/mol. The van der Waals surface area contributed by atoms with E-state index in [0.717, 1.165) is 6.54 Å². The first-order chi connectivity index (χ1) is 7.65. The lowest BCUT2D eigenvalue weighted by Gasteiger charge is -2.17. The molecule has 0 saturated heterocycles. The molecule has 0 saturated carbocycles. The topological polar surface area (TPSA) is 32.3 Å². The Bertz CT molecular complexity index is 355. The van der Waals surface area contributed by atoms with Crippen LogP contribution in [-0.4, -0.2) is 30.9 Å². The van der Waals surface area contributed by atoms with Crippen molar-refractivity contribution in [2.45, 2.75) is 13.5 Å². The number of amides is 1. The zero-order valence-electron chi connectivity index (χ0n) is 9.66. The summed E-state index contributed by atoms with van der Waals surface area (Å²) in [6, 6.07) is 6.49. The van der Waals surface area contributed by atoms with Crippen LogP contribution in [0.5, 0.6) is 0 Å². The summed E-state index contributed by atoms with van der Waals surface area (Å²) in [5.74, 6) is -0.310. The Balaban J connectivity index is 2.54. The molecule has 0 aliphatic rings. The zero-order valence-corrected chi connectivity index (χ0v) is 9.66. The van der Waals surface area contributed by atoms with Crippen LogP contribution < -0.4 is 5.32 Å². The SMILES string of the molecule is CCNCC(=O)N(C)Cc1ccccc1F. The predicted octanol–water partition coefficient (Wildman–Crippen LogP) is 1.39. The van der Waals surface area contributed by atoms with Crippen LogP contribution in [0.2, 0.25) is 0 Å². The van der Waals surface area contributed by atoms with Crippen LogP contribution in [0.1, 0.15) is 12.5 Å². The van der Waals surface area contributed by atoms with Crippen molar-refractivity contribution in [1.29, 1.82) is 0 Å². The number of carbonyl (C=O) groups is 1. The first-order valence-corrected chi connectivity index (χ1v) is 5.33. The molecule has 1 N–H and O–H groups in total. The average molecular weight is 224 g/mol. The number of hydrogen-bond acceptors (Lipinski definition) is 2. The molecule has 0 spiro atoms. The van der Waals surface area contributed by atoms with Gasteiger partial charge in [-0.3, -0.25) is 4.79 Å². The summed E-state index contributed by atoms with van der Waals surface area (Å²) >= 11 is 0. The summed E-state index contributed by atoms with van der Waals surface area (Å²) in [7, 11) is 1.67. The van der Waals surface area contributed by atoms with Crippen LogP contribution in [0, 0.1) is 5.82 Å². The van der Waals surface area contributed by atoms with Gasteiger partial charge in [-0.1, -0.05) is 25.1 Å².